The zero-order chi connectivity index (χ0) is 30.4. The van der Waals surface area contributed by atoms with Crippen LogP contribution in [-0.2, 0) is 14.4 Å². The van der Waals surface area contributed by atoms with Gasteiger partial charge in [-0.25, -0.2) is 0 Å². The Balaban J connectivity index is 1.40. The molecule has 3 aliphatic heterocycles. The maximum absolute atomic E-state index is 13.5. The third-order valence-corrected chi connectivity index (χ3v) is 10.6. The van der Waals surface area contributed by atoms with E-state index in [4.69, 9.17) is 0 Å². The third kappa shape index (κ3) is 14.0. The van der Waals surface area contributed by atoms with E-state index in [9.17, 15) is 14.4 Å². The monoisotopic (exact) mass is 602 g/mol. The predicted octanol–water partition coefficient (Wildman–Crippen LogP) is 8.76. The molecule has 0 radical (unpaired) electrons. The molecule has 43 heavy (non-hydrogen) atoms. The quantitative estimate of drug-likeness (QED) is 0.295. The molecule has 0 aromatic carbocycles. The highest BCUT2D eigenvalue weighted by atomic mass is 16.2. The van der Waals surface area contributed by atoms with Crippen molar-refractivity contribution in [1.82, 2.24) is 15.5 Å². The van der Waals surface area contributed by atoms with Crippen LogP contribution in [0.15, 0.2) is 0 Å². The lowest BCUT2D eigenvalue weighted by Gasteiger charge is -2.53. The molecule has 2 bridgehead atoms. The number of hydrogen-bond donors (Lipinski definition) is 2. The van der Waals surface area contributed by atoms with Crippen LogP contribution in [0.1, 0.15) is 186 Å². The summed E-state index contributed by atoms with van der Waals surface area (Å²) in [7, 11) is 0. The fraction of sp³-hybridized carbons (Fsp3) is 0.919. The second-order valence-corrected chi connectivity index (χ2v) is 14.3. The Labute approximate surface area is 264 Å². The Hall–Kier alpha value is -1.43. The molecule has 0 aromatic rings. The molecule has 248 valence electrons. The molecule has 4 rings (SSSR count). The number of nitrogens with zero attached hydrogens (tertiary/aromatic N) is 1. The van der Waals surface area contributed by atoms with Gasteiger partial charge >= 0.3 is 0 Å². The normalized spacial score (nSPS) is 29.3. The van der Waals surface area contributed by atoms with Crippen LogP contribution >= 0.6 is 0 Å². The summed E-state index contributed by atoms with van der Waals surface area (Å²) < 4.78 is 0. The van der Waals surface area contributed by atoms with Crippen LogP contribution in [0.25, 0.3) is 0 Å². The molecule has 3 amide bonds. The third-order valence-electron chi connectivity index (χ3n) is 10.6. The van der Waals surface area contributed by atoms with E-state index < -0.39 is 5.54 Å². The summed E-state index contributed by atoms with van der Waals surface area (Å²) in [5.41, 5.74) is -0.822. The Morgan fingerprint density at radius 1 is 0.535 bits per heavy atom. The number of carbonyl (C=O) groups is 3. The molecule has 0 spiro atoms. The number of carbonyl (C=O) groups excluding carboxylic acids is 3. The van der Waals surface area contributed by atoms with E-state index in [2.05, 4.69) is 10.6 Å². The number of fused-ring (bicyclic) bond motifs is 29. The Morgan fingerprint density at radius 3 is 1.35 bits per heavy atom. The summed E-state index contributed by atoms with van der Waals surface area (Å²) in [4.78, 5) is 40.8. The Kier molecular flexibility index (Phi) is 18.6. The molecule has 1 aliphatic carbocycles. The summed E-state index contributed by atoms with van der Waals surface area (Å²) >= 11 is 0. The maximum Gasteiger partial charge on any atom is 0.252 e. The molecule has 4 aliphatic rings. The fourth-order valence-corrected chi connectivity index (χ4v) is 7.78. The van der Waals surface area contributed by atoms with Gasteiger partial charge in [0, 0.05) is 19.5 Å². The lowest BCUT2D eigenvalue weighted by molar-refractivity contribution is -0.160. The van der Waals surface area contributed by atoms with Crippen LogP contribution in [0, 0.1) is 5.92 Å². The molecule has 4 fully saturated rings. The number of nitrogens with one attached hydrogen (secondary N) is 2. The summed E-state index contributed by atoms with van der Waals surface area (Å²) in [5, 5.41) is 5.85. The van der Waals surface area contributed by atoms with Gasteiger partial charge in [0.1, 0.15) is 5.54 Å². The average molecular weight is 602 g/mol. The van der Waals surface area contributed by atoms with Crippen molar-refractivity contribution in [3.05, 3.63) is 0 Å². The highest BCUT2D eigenvalue weighted by Gasteiger charge is 2.55. The number of imide groups is 1. The van der Waals surface area contributed by atoms with Crippen molar-refractivity contribution in [2.24, 2.45) is 5.92 Å². The van der Waals surface area contributed by atoms with Crippen LogP contribution in [0.5, 0.6) is 0 Å². The van der Waals surface area contributed by atoms with Crippen LogP contribution in [0.2, 0.25) is 0 Å². The van der Waals surface area contributed by atoms with Gasteiger partial charge in [-0.2, -0.15) is 0 Å². The van der Waals surface area contributed by atoms with Gasteiger partial charge < -0.3 is 10.2 Å². The standard InChI is InChI=1S/C37H67N3O3/c41-34-27-25-23-21-19-17-15-13-11-9-7-5-3-1-2-4-6-8-10-12-14-16-18-20-22-24-26-33-30-37(31-33,36(43)39-34)40-29-28-38-32-35(40)42/h33,38H,1-32H2,(H,39,41,43). The molecule has 1 saturated carbocycles. The lowest BCUT2D eigenvalue weighted by Crippen LogP contribution is -2.70. The van der Waals surface area contributed by atoms with Crippen molar-refractivity contribution in [3.63, 3.8) is 0 Å². The minimum absolute atomic E-state index is 0.00832. The smallest absolute Gasteiger partial charge is 0.252 e. The molecular weight excluding hydrogens is 534 g/mol. The minimum Gasteiger partial charge on any atom is -0.326 e. The number of hydrogen-bond acceptors (Lipinski definition) is 4. The second kappa shape index (κ2) is 22.1. The largest absolute Gasteiger partial charge is 0.326 e. The molecule has 0 atom stereocenters. The molecule has 2 N–H and O–H groups in total. The van der Waals surface area contributed by atoms with Gasteiger partial charge in [-0.05, 0) is 25.2 Å². The van der Waals surface area contributed by atoms with Gasteiger partial charge in [-0.1, -0.05) is 161 Å². The first kappa shape index (κ1) is 36.0. The van der Waals surface area contributed by atoms with Crippen LogP contribution in [0.3, 0.4) is 0 Å². The zero-order valence-electron chi connectivity index (χ0n) is 27.9. The molecule has 6 heteroatoms. The molecular formula is C37H67N3O3. The Morgan fingerprint density at radius 2 is 0.930 bits per heavy atom. The number of amides is 3. The van der Waals surface area contributed by atoms with E-state index in [0.717, 1.165) is 19.3 Å². The van der Waals surface area contributed by atoms with Crippen molar-refractivity contribution < 1.29 is 14.4 Å². The van der Waals surface area contributed by atoms with Crippen molar-refractivity contribution in [3.8, 4) is 0 Å². The second-order valence-electron chi connectivity index (χ2n) is 14.3. The Bertz CT molecular complexity index is 779. The molecule has 6 nitrogen and oxygen atoms in total. The first-order chi connectivity index (χ1) is 21.1. The van der Waals surface area contributed by atoms with Gasteiger partial charge in [0.15, 0.2) is 0 Å². The maximum atomic E-state index is 13.5. The SMILES string of the molecule is O=C1CCCCCCCCCCCCCCCCCCCCCCCCCCCC2CC(N3CCNCC3=O)(C2)C(=O)N1. The summed E-state index contributed by atoms with van der Waals surface area (Å²) in [5.74, 6) is 0.0653. The van der Waals surface area contributed by atoms with Crippen LogP contribution < -0.4 is 10.6 Å². The minimum atomic E-state index is -0.822. The van der Waals surface area contributed by atoms with E-state index >= 15 is 0 Å². The summed E-state index contributed by atoms with van der Waals surface area (Å²) in [6, 6.07) is 0. The molecule has 3 heterocycles. The van der Waals surface area contributed by atoms with Crippen molar-refractivity contribution in [2.75, 3.05) is 19.6 Å². The van der Waals surface area contributed by atoms with E-state index in [1.54, 1.807) is 4.90 Å². The van der Waals surface area contributed by atoms with Crippen LogP contribution in [-0.4, -0.2) is 47.8 Å². The number of rotatable bonds is 1. The lowest BCUT2D eigenvalue weighted by atomic mass is 9.64. The van der Waals surface area contributed by atoms with Crippen LogP contribution in [0.4, 0.5) is 0 Å². The van der Waals surface area contributed by atoms with E-state index in [-0.39, 0.29) is 24.3 Å². The highest BCUT2D eigenvalue weighted by Crippen LogP contribution is 2.45. The number of piperazine rings is 1. The van der Waals surface area contributed by atoms with Gasteiger partial charge in [-0.3, -0.25) is 19.7 Å². The van der Waals surface area contributed by atoms with Crippen molar-refractivity contribution >= 4 is 17.7 Å². The van der Waals surface area contributed by atoms with E-state index in [1.807, 2.05) is 0 Å². The molecule has 0 aromatic heterocycles. The van der Waals surface area contributed by atoms with E-state index in [0.29, 0.717) is 38.3 Å². The van der Waals surface area contributed by atoms with Crippen molar-refractivity contribution in [1.29, 1.82) is 0 Å². The molecule has 3 saturated heterocycles. The van der Waals surface area contributed by atoms with Gasteiger partial charge in [0.05, 0.1) is 6.54 Å². The molecule has 0 unspecified atom stereocenters. The first-order valence-corrected chi connectivity index (χ1v) is 19.0. The summed E-state index contributed by atoms with van der Waals surface area (Å²) in [6.45, 7) is 1.54. The first-order valence-electron chi connectivity index (χ1n) is 19.0. The summed E-state index contributed by atoms with van der Waals surface area (Å²) in [6.07, 6.45) is 36.2. The average Bonchev–Trinajstić information content (AvgIpc) is 2.97. The van der Waals surface area contributed by atoms with Gasteiger partial charge in [0.2, 0.25) is 11.8 Å². The topological polar surface area (TPSA) is 78.5 Å². The van der Waals surface area contributed by atoms with E-state index in [1.165, 1.54) is 148 Å². The van der Waals surface area contributed by atoms with Gasteiger partial charge in [0.25, 0.3) is 5.91 Å². The predicted molar refractivity (Wildman–Crippen MR) is 178 cm³/mol. The van der Waals surface area contributed by atoms with Gasteiger partial charge in [-0.15, -0.1) is 0 Å². The fourth-order valence-electron chi connectivity index (χ4n) is 7.78. The highest BCUT2D eigenvalue weighted by molar-refractivity contribution is 6.02. The zero-order valence-corrected chi connectivity index (χ0v) is 27.9. The van der Waals surface area contributed by atoms with Crippen molar-refractivity contribution in [2.45, 2.75) is 192 Å².